The molecule has 0 atom stereocenters. The number of hydrogen-bond acceptors (Lipinski definition) is 3. The van der Waals surface area contributed by atoms with Crippen LogP contribution < -0.4 is 10.1 Å². The Morgan fingerprint density at radius 3 is 2.80 bits per heavy atom. The molecule has 0 spiro atoms. The van der Waals surface area contributed by atoms with E-state index in [-0.39, 0.29) is 30.6 Å². The molecule has 2 N–H and O–H groups in total. The Labute approximate surface area is 129 Å². The van der Waals surface area contributed by atoms with Crippen LogP contribution in [-0.4, -0.2) is 23.6 Å². The van der Waals surface area contributed by atoms with Gasteiger partial charge in [0.05, 0.1) is 24.1 Å². The fourth-order valence-electron chi connectivity index (χ4n) is 2.21. The van der Waals surface area contributed by atoms with E-state index in [0.717, 1.165) is 30.9 Å². The van der Waals surface area contributed by atoms with Crippen LogP contribution >= 0.6 is 24.8 Å². The van der Waals surface area contributed by atoms with Crippen LogP contribution in [0.15, 0.2) is 18.2 Å². The molecular formula is C13H16Cl2FN3O. The lowest BCUT2D eigenvalue weighted by Crippen LogP contribution is -2.23. The number of H-pyrrole nitrogens is 1. The highest BCUT2D eigenvalue weighted by Gasteiger charge is 2.17. The van der Waals surface area contributed by atoms with Crippen LogP contribution in [0.3, 0.4) is 0 Å². The van der Waals surface area contributed by atoms with E-state index in [1.54, 1.807) is 13.2 Å². The summed E-state index contributed by atoms with van der Waals surface area (Å²) < 4.78 is 18.6. The maximum absolute atomic E-state index is 13.3. The third-order valence-corrected chi connectivity index (χ3v) is 3.12. The third kappa shape index (κ3) is 3.06. The summed E-state index contributed by atoms with van der Waals surface area (Å²) in [5.41, 5.74) is 2.78. The van der Waals surface area contributed by atoms with E-state index in [1.807, 2.05) is 0 Å². The summed E-state index contributed by atoms with van der Waals surface area (Å²) in [6.45, 7) is 1.71. The predicted octanol–water partition coefficient (Wildman–Crippen LogP) is 2.71. The predicted molar refractivity (Wildman–Crippen MR) is 80.4 cm³/mol. The smallest absolute Gasteiger partial charge is 0.141 e. The number of halogens is 3. The Morgan fingerprint density at radius 1 is 1.30 bits per heavy atom. The van der Waals surface area contributed by atoms with E-state index in [1.165, 1.54) is 12.1 Å². The molecule has 0 fully saturated rings. The van der Waals surface area contributed by atoms with Crippen molar-refractivity contribution in [3.63, 3.8) is 0 Å². The Hall–Kier alpha value is -1.30. The highest BCUT2D eigenvalue weighted by molar-refractivity contribution is 5.85. The first kappa shape index (κ1) is 16.8. The molecule has 1 aliphatic rings. The first-order valence-electron chi connectivity index (χ1n) is 5.90. The van der Waals surface area contributed by atoms with Crippen molar-refractivity contribution >= 4 is 24.8 Å². The standard InChI is InChI=1S/C13H14FN3O.2ClH/c1-18-12-3-2-8(14)6-9(12)13-16-10-4-5-15-7-11(10)17-13;;/h2-3,6,15H,4-5,7H2,1H3,(H,16,17);2*1H. The molecule has 1 aliphatic heterocycles. The van der Waals surface area contributed by atoms with Crippen molar-refractivity contribution in [2.45, 2.75) is 13.0 Å². The van der Waals surface area contributed by atoms with Crippen molar-refractivity contribution in [1.82, 2.24) is 15.3 Å². The van der Waals surface area contributed by atoms with Gasteiger partial charge in [-0.05, 0) is 18.2 Å². The summed E-state index contributed by atoms with van der Waals surface area (Å²) in [5.74, 6) is 0.994. The highest BCUT2D eigenvalue weighted by Crippen LogP contribution is 2.29. The van der Waals surface area contributed by atoms with Crippen LogP contribution in [0, 0.1) is 5.82 Å². The molecule has 20 heavy (non-hydrogen) atoms. The van der Waals surface area contributed by atoms with Crippen molar-refractivity contribution in [1.29, 1.82) is 0 Å². The monoisotopic (exact) mass is 319 g/mol. The van der Waals surface area contributed by atoms with Crippen LogP contribution in [0.25, 0.3) is 11.4 Å². The zero-order valence-corrected chi connectivity index (χ0v) is 12.5. The van der Waals surface area contributed by atoms with Gasteiger partial charge in [0.15, 0.2) is 0 Å². The molecule has 7 heteroatoms. The van der Waals surface area contributed by atoms with Crippen LogP contribution in [0.1, 0.15) is 11.4 Å². The van der Waals surface area contributed by atoms with Crippen LogP contribution in [0.5, 0.6) is 5.75 Å². The molecule has 3 rings (SSSR count). The van der Waals surface area contributed by atoms with Gasteiger partial charge in [-0.15, -0.1) is 24.8 Å². The molecule has 1 aromatic carbocycles. The van der Waals surface area contributed by atoms with Gasteiger partial charge >= 0.3 is 0 Å². The molecule has 2 aromatic rings. The Kier molecular flexibility index (Phi) is 5.80. The molecule has 0 bridgehead atoms. The number of aromatic nitrogens is 2. The summed E-state index contributed by atoms with van der Waals surface area (Å²) in [6, 6.07) is 4.44. The number of rotatable bonds is 2. The van der Waals surface area contributed by atoms with Crippen LogP contribution in [0.2, 0.25) is 0 Å². The van der Waals surface area contributed by atoms with Gasteiger partial charge in [0, 0.05) is 19.5 Å². The van der Waals surface area contributed by atoms with Gasteiger partial charge in [0.1, 0.15) is 17.4 Å². The van der Waals surface area contributed by atoms with E-state index in [9.17, 15) is 4.39 Å². The van der Waals surface area contributed by atoms with Crippen molar-refractivity contribution in [2.24, 2.45) is 0 Å². The van der Waals surface area contributed by atoms with Gasteiger partial charge < -0.3 is 15.0 Å². The fraction of sp³-hybridized carbons (Fsp3) is 0.308. The number of nitrogens with zero attached hydrogens (tertiary/aromatic N) is 1. The average Bonchev–Trinajstić information content (AvgIpc) is 2.82. The molecule has 4 nitrogen and oxygen atoms in total. The lowest BCUT2D eigenvalue weighted by molar-refractivity contribution is 0.415. The quantitative estimate of drug-likeness (QED) is 0.894. The van der Waals surface area contributed by atoms with Gasteiger partial charge in [0.2, 0.25) is 0 Å². The molecule has 0 aliphatic carbocycles. The second kappa shape index (κ2) is 6.92. The lowest BCUT2D eigenvalue weighted by atomic mass is 10.2. The number of ether oxygens (including phenoxy) is 1. The second-order valence-corrected chi connectivity index (χ2v) is 4.28. The summed E-state index contributed by atoms with van der Waals surface area (Å²) in [7, 11) is 1.57. The SMILES string of the molecule is COc1ccc(F)cc1-c1nc2c([nH]1)CNCC2.Cl.Cl. The minimum Gasteiger partial charge on any atom is -0.496 e. The highest BCUT2D eigenvalue weighted by atomic mass is 35.5. The molecule has 0 amide bonds. The van der Waals surface area contributed by atoms with E-state index < -0.39 is 0 Å². The Bertz CT molecular complexity index is 565. The number of methoxy groups -OCH3 is 1. The fourth-order valence-corrected chi connectivity index (χ4v) is 2.21. The summed E-state index contributed by atoms with van der Waals surface area (Å²) >= 11 is 0. The summed E-state index contributed by atoms with van der Waals surface area (Å²) in [4.78, 5) is 7.76. The number of benzene rings is 1. The van der Waals surface area contributed by atoms with Crippen molar-refractivity contribution in [2.75, 3.05) is 13.7 Å². The average molecular weight is 320 g/mol. The van der Waals surface area contributed by atoms with E-state index in [4.69, 9.17) is 4.74 Å². The molecule has 110 valence electrons. The molecule has 2 heterocycles. The maximum Gasteiger partial charge on any atom is 0.141 e. The number of hydrogen-bond donors (Lipinski definition) is 2. The first-order chi connectivity index (χ1) is 8.78. The molecular weight excluding hydrogens is 304 g/mol. The van der Waals surface area contributed by atoms with E-state index >= 15 is 0 Å². The summed E-state index contributed by atoms with van der Waals surface area (Å²) in [5, 5.41) is 3.27. The molecule has 0 radical (unpaired) electrons. The zero-order valence-electron chi connectivity index (χ0n) is 10.9. The zero-order chi connectivity index (χ0) is 12.5. The van der Waals surface area contributed by atoms with Gasteiger partial charge in [-0.3, -0.25) is 0 Å². The lowest BCUT2D eigenvalue weighted by Gasteiger charge is -2.09. The largest absolute Gasteiger partial charge is 0.496 e. The van der Waals surface area contributed by atoms with Gasteiger partial charge in [-0.1, -0.05) is 0 Å². The van der Waals surface area contributed by atoms with Gasteiger partial charge in [0.25, 0.3) is 0 Å². The number of aromatic amines is 1. The Morgan fingerprint density at radius 2 is 2.10 bits per heavy atom. The van der Waals surface area contributed by atoms with Gasteiger partial charge in [-0.25, -0.2) is 9.37 Å². The second-order valence-electron chi connectivity index (χ2n) is 4.28. The van der Waals surface area contributed by atoms with Crippen LogP contribution in [-0.2, 0) is 13.0 Å². The number of nitrogens with one attached hydrogen (secondary N) is 2. The minimum atomic E-state index is -0.293. The normalized spacial score (nSPS) is 12.9. The number of fused-ring (bicyclic) bond motifs is 1. The topological polar surface area (TPSA) is 49.9 Å². The van der Waals surface area contributed by atoms with E-state index in [2.05, 4.69) is 15.3 Å². The van der Waals surface area contributed by atoms with Crippen molar-refractivity contribution in [3.8, 4) is 17.1 Å². The van der Waals surface area contributed by atoms with Crippen molar-refractivity contribution in [3.05, 3.63) is 35.4 Å². The molecule has 0 saturated carbocycles. The number of imidazole rings is 1. The van der Waals surface area contributed by atoms with Crippen LogP contribution in [0.4, 0.5) is 4.39 Å². The molecule has 0 unspecified atom stereocenters. The first-order valence-corrected chi connectivity index (χ1v) is 5.90. The van der Waals surface area contributed by atoms with Crippen molar-refractivity contribution < 1.29 is 9.13 Å². The summed E-state index contributed by atoms with van der Waals surface area (Å²) in [6.07, 6.45) is 0.892. The van der Waals surface area contributed by atoms with Gasteiger partial charge in [-0.2, -0.15) is 0 Å². The molecule has 1 aromatic heterocycles. The third-order valence-electron chi connectivity index (χ3n) is 3.12. The molecule has 0 saturated heterocycles. The Balaban J connectivity index is 0.000001000. The maximum atomic E-state index is 13.3. The van der Waals surface area contributed by atoms with E-state index in [0.29, 0.717) is 17.1 Å². The minimum absolute atomic E-state index is 0.